The smallest absolute Gasteiger partial charge is 0.155 e. The van der Waals surface area contributed by atoms with Crippen molar-refractivity contribution in [1.29, 1.82) is 0 Å². The first-order valence-electron chi connectivity index (χ1n) is 12.6. The molecule has 3 heterocycles. The summed E-state index contributed by atoms with van der Waals surface area (Å²) in [6, 6.07) is 32.4. The average molecular weight is 709 g/mol. The second kappa shape index (κ2) is 15.4. The van der Waals surface area contributed by atoms with Crippen LogP contribution < -0.4 is 4.90 Å². The Hall–Kier alpha value is -4.23. The molecule has 0 aliphatic heterocycles. The van der Waals surface area contributed by atoms with E-state index in [2.05, 4.69) is 39.1 Å². The first-order chi connectivity index (χ1) is 19.0. The fourth-order valence-electron chi connectivity index (χ4n) is 3.97. The van der Waals surface area contributed by atoms with Gasteiger partial charge in [0.1, 0.15) is 5.82 Å². The number of ketones is 1. The minimum atomic E-state index is -0.125. The molecule has 7 nitrogen and oxygen atoms in total. The molecule has 1 radical (unpaired) electrons. The Kier molecular flexibility index (Phi) is 11.7. The van der Waals surface area contributed by atoms with Crippen LogP contribution in [-0.4, -0.2) is 32.5 Å². The summed E-state index contributed by atoms with van der Waals surface area (Å²) in [4.78, 5) is 26.1. The molecule has 0 atom stereocenters. The predicted octanol–water partition coefficient (Wildman–Crippen LogP) is 7.40. The van der Waals surface area contributed by atoms with Gasteiger partial charge in [0.2, 0.25) is 0 Å². The largest absolute Gasteiger partial charge is 0.640 e. The van der Waals surface area contributed by atoms with Crippen molar-refractivity contribution in [2.24, 2.45) is 0 Å². The molecule has 2 aromatic carbocycles. The Labute approximate surface area is 248 Å². The second-order valence-corrected chi connectivity index (χ2v) is 8.77. The minimum absolute atomic E-state index is 0. The van der Waals surface area contributed by atoms with Crippen molar-refractivity contribution in [1.82, 2.24) is 15.0 Å². The minimum Gasteiger partial charge on any atom is -0.640 e. The summed E-state index contributed by atoms with van der Waals surface area (Å²) >= 11 is 0. The first kappa shape index (κ1) is 30.3. The number of nitrogens with zero attached hydrogens (tertiary/aromatic N) is 5. The molecular weight excluding hydrogens is 679 g/mol. The van der Waals surface area contributed by atoms with Crippen molar-refractivity contribution in [3.63, 3.8) is 0 Å². The number of fused-ring (bicyclic) bond motifs is 1. The van der Waals surface area contributed by atoms with Crippen LogP contribution in [0.1, 0.15) is 19.5 Å². The van der Waals surface area contributed by atoms with Gasteiger partial charge in [-0.25, -0.2) is 4.98 Å². The molecule has 0 saturated carbocycles. The van der Waals surface area contributed by atoms with Crippen LogP contribution in [0.4, 0.5) is 11.5 Å². The fourth-order valence-corrected chi connectivity index (χ4v) is 3.97. The number of para-hydroxylation sites is 1. The molecule has 5 rings (SSSR count). The quantitative estimate of drug-likeness (QED) is 0.134. The van der Waals surface area contributed by atoms with Gasteiger partial charge in [-0.15, -0.1) is 6.54 Å². The molecule has 0 saturated heterocycles. The van der Waals surface area contributed by atoms with E-state index in [1.807, 2.05) is 79.0 Å². The number of pyridine rings is 3. The van der Waals surface area contributed by atoms with Crippen LogP contribution in [0.25, 0.3) is 27.5 Å². The van der Waals surface area contributed by atoms with Gasteiger partial charge in [-0.05, 0) is 61.7 Å². The summed E-state index contributed by atoms with van der Waals surface area (Å²) in [7, 11) is 0. The van der Waals surface area contributed by atoms with E-state index in [0.29, 0.717) is 13.2 Å². The van der Waals surface area contributed by atoms with E-state index in [0.717, 1.165) is 39.4 Å². The number of aliphatic hydroxyl groups is 1. The number of benzene rings is 2. The molecule has 0 fully saturated rings. The molecule has 0 spiro atoms. The predicted molar refractivity (Wildman–Crippen MR) is 157 cm³/mol. The van der Waals surface area contributed by atoms with Crippen LogP contribution in [0, 0.1) is 0 Å². The van der Waals surface area contributed by atoms with Crippen molar-refractivity contribution in [2.75, 3.05) is 11.6 Å². The topological polar surface area (TPSA) is 93.3 Å². The number of hydrogen-bond donors (Lipinski definition) is 1. The van der Waals surface area contributed by atoms with E-state index >= 15 is 0 Å². The van der Waals surface area contributed by atoms with Gasteiger partial charge in [0.15, 0.2) is 5.78 Å². The van der Waals surface area contributed by atoms with Gasteiger partial charge in [0, 0.05) is 55.3 Å². The number of anilines is 2. The molecule has 5 aromatic rings. The first-order valence-corrected chi connectivity index (χ1v) is 12.6. The monoisotopic (exact) mass is 709 g/mol. The Balaban J connectivity index is 0.000000492. The van der Waals surface area contributed by atoms with Gasteiger partial charge < -0.3 is 15.3 Å². The molecular formula is C32H30IrN5O2-. The van der Waals surface area contributed by atoms with Gasteiger partial charge >= 0.3 is 0 Å². The summed E-state index contributed by atoms with van der Waals surface area (Å²) in [6.45, 7) is 3.87. The number of carbonyl (C=O) groups is 1. The molecule has 1 N–H and O–H groups in total. The zero-order valence-corrected chi connectivity index (χ0v) is 24.7. The van der Waals surface area contributed by atoms with Gasteiger partial charge in [0.25, 0.3) is 0 Å². The third kappa shape index (κ3) is 8.64. The number of hydrogen-bond acceptors (Lipinski definition) is 6. The Morgan fingerprint density at radius 1 is 0.850 bits per heavy atom. The number of carbonyl (C=O) groups excluding carboxylic acids is 1. The molecule has 8 heteroatoms. The fraction of sp³-hybridized carbons (Fsp3) is 0.125. The standard InChI is InChI=1S/C27H22N5.C5H8O2.Ir/c1-2-11-23(12-3-1)32(20-28-19-22-10-6-7-17-29-22)26-15-8-14-25(31-26)27-24-13-5-4-9-21(24)16-18-30-27;1-4(6)3-5(2)7;/h1-18H,19-20H2;3,6H,1-2H3;/q-1;;/b;4-3-;. The average Bonchev–Trinajstić information content (AvgIpc) is 2.96. The van der Waals surface area contributed by atoms with Crippen LogP contribution in [0.5, 0.6) is 0 Å². The van der Waals surface area contributed by atoms with Crippen molar-refractivity contribution in [3.8, 4) is 11.4 Å². The molecule has 0 aliphatic rings. The number of aromatic nitrogens is 3. The van der Waals surface area contributed by atoms with Gasteiger partial charge in [-0.3, -0.25) is 14.8 Å². The van der Waals surface area contributed by atoms with Crippen LogP contribution in [0.15, 0.2) is 121 Å². The van der Waals surface area contributed by atoms with Crippen LogP contribution >= 0.6 is 0 Å². The summed E-state index contributed by atoms with van der Waals surface area (Å²) in [6.07, 6.45) is 4.80. The van der Waals surface area contributed by atoms with Crippen LogP contribution in [0.2, 0.25) is 0 Å². The molecule has 40 heavy (non-hydrogen) atoms. The van der Waals surface area contributed by atoms with E-state index in [9.17, 15) is 4.79 Å². The molecule has 3 aromatic heterocycles. The van der Waals surface area contributed by atoms with E-state index in [1.165, 1.54) is 19.9 Å². The van der Waals surface area contributed by atoms with Crippen molar-refractivity contribution in [2.45, 2.75) is 20.4 Å². The summed E-state index contributed by atoms with van der Waals surface area (Å²) in [5.74, 6) is 0.765. The van der Waals surface area contributed by atoms with Gasteiger partial charge in [-0.1, -0.05) is 61.3 Å². The maximum atomic E-state index is 10.0. The third-order valence-corrected chi connectivity index (χ3v) is 5.65. The van der Waals surface area contributed by atoms with E-state index in [-0.39, 0.29) is 31.6 Å². The summed E-state index contributed by atoms with van der Waals surface area (Å²) in [5.41, 5.74) is 3.70. The summed E-state index contributed by atoms with van der Waals surface area (Å²) in [5, 5.41) is 15.4. The molecule has 205 valence electrons. The maximum Gasteiger partial charge on any atom is 0.155 e. The van der Waals surface area contributed by atoms with Crippen molar-refractivity contribution in [3.05, 3.63) is 132 Å². The Morgan fingerprint density at radius 2 is 1.60 bits per heavy atom. The number of aliphatic hydroxyl groups excluding tert-OH is 1. The SMILES string of the molecule is CC(=O)/C=C(/C)O.[Ir].c1ccc(N(C[N-]Cc2ccccn2)c2cccc(-c3nccc4ccccc34)n2)cc1. The van der Waals surface area contributed by atoms with Gasteiger partial charge in [0.05, 0.1) is 17.1 Å². The number of allylic oxidation sites excluding steroid dienone is 2. The van der Waals surface area contributed by atoms with E-state index < -0.39 is 0 Å². The molecule has 0 unspecified atom stereocenters. The van der Waals surface area contributed by atoms with E-state index in [4.69, 9.17) is 15.4 Å². The second-order valence-electron chi connectivity index (χ2n) is 8.77. The van der Waals surface area contributed by atoms with Crippen molar-refractivity contribution >= 4 is 28.1 Å². The Morgan fingerprint density at radius 3 is 2.30 bits per heavy atom. The molecule has 0 aliphatic carbocycles. The third-order valence-electron chi connectivity index (χ3n) is 5.65. The molecule has 0 amide bonds. The number of rotatable bonds is 8. The molecule has 0 bridgehead atoms. The summed E-state index contributed by atoms with van der Waals surface area (Å²) < 4.78 is 0. The van der Waals surface area contributed by atoms with Crippen LogP contribution in [-0.2, 0) is 31.4 Å². The van der Waals surface area contributed by atoms with Crippen molar-refractivity contribution < 1.29 is 30.0 Å². The van der Waals surface area contributed by atoms with Gasteiger partial charge in [-0.2, -0.15) is 0 Å². The van der Waals surface area contributed by atoms with E-state index in [1.54, 1.807) is 6.20 Å². The zero-order valence-electron chi connectivity index (χ0n) is 22.3. The Bertz CT molecular complexity index is 1540. The normalized spacial score (nSPS) is 10.7. The maximum absolute atomic E-state index is 10.0. The van der Waals surface area contributed by atoms with Crippen LogP contribution in [0.3, 0.4) is 0 Å². The zero-order chi connectivity index (χ0) is 27.5.